The minimum atomic E-state index is -4.63. The van der Waals surface area contributed by atoms with Crippen molar-refractivity contribution in [3.8, 4) is 0 Å². The highest BCUT2D eigenvalue weighted by Gasteiger charge is 2.34. The summed E-state index contributed by atoms with van der Waals surface area (Å²) in [5.41, 5.74) is -0.640. The van der Waals surface area contributed by atoms with Gasteiger partial charge in [-0.05, 0) is 42.0 Å². The fourth-order valence-corrected chi connectivity index (χ4v) is 2.10. The van der Waals surface area contributed by atoms with Gasteiger partial charge in [0.15, 0.2) is 0 Å². The molecule has 0 aromatic heterocycles. The molecule has 3 nitrogen and oxygen atoms in total. The van der Waals surface area contributed by atoms with E-state index in [2.05, 4.69) is 10.6 Å². The highest BCUT2D eigenvalue weighted by molar-refractivity contribution is 6.31. The average Bonchev–Trinajstić information content (AvgIpc) is 2.50. The normalized spacial score (nSPS) is 11.5. The smallest absolute Gasteiger partial charge is 0.314 e. The van der Waals surface area contributed by atoms with E-state index in [0.717, 1.165) is 17.7 Å². The summed E-state index contributed by atoms with van der Waals surface area (Å²) in [6.45, 7) is 0. The van der Waals surface area contributed by atoms with Crippen molar-refractivity contribution >= 4 is 41.0 Å². The quantitative estimate of drug-likeness (QED) is 0.699. The second-order valence-electron chi connectivity index (χ2n) is 4.67. The SMILES string of the molecule is O=C(N/C=C/c1ccc(Cl)cc1)Nc1ccc(Cl)cc1C(F)(F)F. The summed E-state index contributed by atoms with van der Waals surface area (Å²) in [6, 6.07) is 9.08. The first-order valence-electron chi connectivity index (χ1n) is 6.62. The summed E-state index contributed by atoms with van der Waals surface area (Å²) in [6.07, 6.45) is -1.75. The Morgan fingerprint density at radius 3 is 2.25 bits per heavy atom. The van der Waals surface area contributed by atoms with Crippen LogP contribution in [0, 0.1) is 0 Å². The largest absolute Gasteiger partial charge is 0.418 e. The number of alkyl halides is 3. The lowest BCUT2D eigenvalue weighted by Gasteiger charge is -2.13. The van der Waals surface area contributed by atoms with Crippen LogP contribution in [0.1, 0.15) is 11.1 Å². The number of hydrogen-bond acceptors (Lipinski definition) is 1. The first kappa shape index (κ1) is 18.2. The Labute approximate surface area is 146 Å². The molecule has 0 unspecified atom stereocenters. The van der Waals surface area contributed by atoms with E-state index in [4.69, 9.17) is 23.2 Å². The maximum atomic E-state index is 12.9. The van der Waals surface area contributed by atoms with Crippen molar-refractivity contribution in [2.75, 3.05) is 5.32 Å². The standard InChI is InChI=1S/C16H11Cl2F3N2O/c17-11-3-1-10(2-4-11)7-8-22-15(24)23-14-6-5-12(18)9-13(14)16(19,20)21/h1-9H,(H2,22,23,24)/b8-7+. The van der Waals surface area contributed by atoms with Crippen molar-refractivity contribution in [3.05, 3.63) is 69.8 Å². The molecule has 0 aliphatic carbocycles. The van der Waals surface area contributed by atoms with E-state index < -0.39 is 17.8 Å². The molecule has 2 N–H and O–H groups in total. The Bertz CT molecular complexity index is 759. The highest BCUT2D eigenvalue weighted by atomic mass is 35.5. The molecule has 2 rings (SSSR count). The lowest BCUT2D eigenvalue weighted by molar-refractivity contribution is -0.136. The third kappa shape index (κ3) is 5.18. The second-order valence-corrected chi connectivity index (χ2v) is 5.54. The first-order valence-corrected chi connectivity index (χ1v) is 7.38. The monoisotopic (exact) mass is 374 g/mol. The molecule has 24 heavy (non-hydrogen) atoms. The van der Waals surface area contributed by atoms with Crippen LogP contribution in [0.5, 0.6) is 0 Å². The minimum absolute atomic E-state index is 0.0732. The topological polar surface area (TPSA) is 41.1 Å². The molecule has 0 saturated heterocycles. The molecule has 2 aromatic rings. The molecule has 0 bridgehead atoms. The molecule has 0 radical (unpaired) electrons. The molecule has 0 aliphatic rings. The molecular formula is C16H11Cl2F3N2O. The van der Waals surface area contributed by atoms with Crippen LogP contribution in [-0.4, -0.2) is 6.03 Å². The third-order valence-corrected chi connectivity index (χ3v) is 3.38. The fourth-order valence-electron chi connectivity index (χ4n) is 1.81. The predicted molar refractivity (Wildman–Crippen MR) is 89.1 cm³/mol. The number of urea groups is 1. The molecule has 126 valence electrons. The lowest BCUT2D eigenvalue weighted by atomic mass is 10.1. The van der Waals surface area contributed by atoms with E-state index in [0.29, 0.717) is 5.02 Å². The summed E-state index contributed by atoms with van der Waals surface area (Å²) in [5.74, 6) is 0. The van der Waals surface area contributed by atoms with Crippen LogP contribution in [0.3, 0.4) is 0 Å². The summed E-state index contributed by atoms with van der Waals surface area (Å²) in [4.78, 5) is 11.7. The maximum Gasteiger partial charge on any atom is 0.418 e. The first-order chi connectivity index (χ1) is 11.3. The number of carbonyl (C=O) groups is 1. The number of rotatable bonds is 3. The van der Waals surface area contributed by atoms with E-state index in [1.807, 2.05) is 0 Å². The second kappa shape index (κ2) is 7.59. The van der Waals surface area contributed by atoms with Crippen LogP contribution < -0.4 is 10.6 Å². The zero-order valence-electron chi connectivity index (χ0n) is 12.0. The van der Waals surface area contributed by atoms with Gasteiger partial charge in [-0.1, -0.05) is 35.3 Å². The third-order valence-electron chi connectivity index (χ3n) is 2.90. The zero-order chi connectivity index (χ0) is 17.7. The van der Waals surface area contributed by atoms with E-state index in [1.54, 1.807) is 30.3 Å². The molecule has 0 aliphatic heterocycles. The number of carbonyl (C=O) groups excluding carboxylic acids is 1. The van der Waals surface area contributed by atoms with Gasteiger partial charge in [0.1, 0.15) is 0 Å². The molecular weight excluding hydrogens is 364 g/mol. The van der Waals surface area contributed by atoms with Gasteiger partial charge in [0, 0.05) is 16.2 Å². The summed E-state index contributed by atoms with van der Waals surface area (Å²) < 4.78 is 38.8. The molecule has 8 heteroatoms. The number of nitrogens with one attached hydrogen (secondary N) is 2. The highest BCUT2D eigenvalue weighted by Crippen LogP contribution is 2.36. The molecule has 0 atom stereocenters. The van der Waals surface area contributed by atoms with Crippen molar-refractivity contribution in [2.24, 2.45) is 0 Å². The molecule has 0 spiro atoms. The van der Waals surface area contributed by atoms with E-state index in [-0.39, 0.29) is 10.7 Å². The Kier molecular flexibility index (Phi) is 5.75. The zero-order valence-corrected chi connectivity index (χ0v) is 13.5. The van der Waals surface area contributed by atoms with Gasteiger partial charge >= 0.3 is 12.2 Å². The number of hydrogen-bond donors (Lipinski definition) is 2. The van der Waals surface area contributed by atoms with E-state index in [9.17, 15) is 18.0 Å². The van der Waals surface area contributed by atoms with Crippen molar-refractivity contribution in [3.63, 3.8) is 0 Å². The molecule has 0 heterocycles. The Morgan fingerprint density at radius 1 is 1.00 bits per heavy atom. The Hall–Kier alpha value is -2.18. The molecule has 0 saturated carbocycles. The molecule has 2 aromatic carbocycles. The summed E-state index contributed by atoms with van der Waals surface area (Å²) in [5, 5.41) is 4.96. The van der Waals surface area contributed by atoms with Gasteiger partial charge in [-0.3, -0.25) is 0 Å². The number of halogens is 5. The Morgan fingerprint density at radius 2 is 1.62 bits per heavy atom. The maximum absolute atomic E-state index is 12.9. The van der Waals surface area contributed by atoms with Gasteiger partial charge in [0.25, 0.3) is 0 Å². The van der Waals surface area contributed by atoms with Gasteiger partial charge < -0.3 is 10.6 Å². The summed E-state index contributed by atoms with van der Waals surface area (Å²) in [7, 11) is 0. The summed E-state index contributed by atoms with van der Waals surface area (Å²) >= 11 is 11.3. The van der Waals surface area contributed by atoms with Crippen LogP contribution in [0.15, 0.2) is 48.7 Å². The van der Waals surface area contributed by atoms with Crippen LogP contribution in [0.2, 0.25) is 10.0 Å². The van der Waals surface area contributed by atoms with Gasteiger partial charge in [-0.25, -0.2) is 4.79 Å². The average molecular weight is 375 g/mol. The van der Waals surface area contributed by atoms with Crippen LogP contribution in [0.4, 0.5) is 23.7 Å². The van der Waals surface area contributed by atoms with Crippen LogP contribution in [0.25, 0.3) is 6.08 Å². The lowest BCUT2D eigenvalue weighted by Crippen LogP contribution is -2.25. The number of amides is 2. The van der Waals surface area contributed by atoms with E-state index in [1.165, 1.54) is 12.3 Å². The predicted octanol–water partition coefficient (Wildman–Crippen LogP) is 5.80. The van der Waals surface area contributed by atoms with Crippen LogP contribution in [-0.2, 0) is 6.18 Å². The Balaban J connectivity index is 2.04. The minimum Gasteiger partial charge on any atom is -0.314 e. The van der Waals surface area contributed by atoms with Crippen molar-refractivity contribution < 1.29 is 18.0 Å². The van der Waals surface area contributed by atoms with Gasteiger partial charge in [0.2, 0.25) is 0 Å². The molecule has 2 amide bonds. The van der Waals surface area contributed by atoms with Crippen molar-refractivity contribution in [1.29, 1.82) is 0 Å². The van der Waals surface area contributed by atoms with Crippen LogP contribution >= 0.6 is 23.2 Å². The number of benzene rings is 2. The molecule has 0 fully saturated rings. The van der Waals surface area contributed by atoms with E-state index >= 15 is 0 Å². The van der Waals surface area contributed by atoms with Gasteiger partial charge in [0.05, 0.1) is 11.3 Å². The van der Waals surface area contributed by atoms with Gasteiger partial charge in [-0.2, -0.15) is 13.2 Å². The van der Waals surface area contributed by atoms with Crippen molar-refractivity contribution in [2.45, 2.75) is 6.18 Å². The van der Waals surface area contributed by atoms with Gasteiger partial charge in [-0.15, -0.1) is 0 Å². The number of anilines is 1. The van der Waals surface area contributed by atoms with Crippen molar-refractivity contribution in [1.82, 2.24) is 5.32 Å². The fraction of sp³-hybridized carbons (Fsp3) is 0.0625.